The molecule has 1 heterocycles. The van der Waals surface area contributed by atoms with Crippen molar-refractivity contribution in [3.8, 4) is 0 Å². The Morgan fingerprint density at radius 1 is 1.41 bits per heavy atom. The molecule has 0 saturated carbocycles. The Kier molecular flexibility index (Phi) is 4.58. The van der Waals surface area contributed by atoms with Crippen LogP contribution in [0, 0.1) is 10.1 Å². The molecule has 0 aliphatic carbocycles. The van der Waals surface area contributed by atoms with Crippen molar-refractivity contribution in [1.29, 1.82) is 0 Å². The summed E-state index contributed by atoms with van der Waals surface area (Å²) in [5.74, 6) is -2.37. The summed E-state index contributed by atoms with van der Waals surface area (Å²) in [5.41, 5.74) is 0.132. The lowest BCUT2D eigenvalue weighted by atomic mass is 10.1. The highest BCUT2D eigenvalue weighted by atomic mass is 35.5. The first-order valence-corrected chi connectivity index (χ1v) is 6.66. The topological polar surface area (TPSA) is 98.9 Å². The second-order valence-corrected chi connectivity index (χ2v) is 5.18. The van der Waals surface area contributed by atoms with Crippen molar-refractivity contribution in [2.75, 3.05) is 0 Å². The van der Waals surface area contributed by atoms with Gasteiger partial charge >= 0.3 is 17.9 Å². The summed E-state index contributed by atoms with van der Waals surface area (Å²) < 4.78 is 4.96. The molecular weight excluding hydrogens is 335 g/mol. The molecule has 7 nitrogen and oxygen atoms in total. The van der Waals surface area contributed by atoms with Crippen LogP contribution in [0.4, 0.5) is 0 Å². The lowest BCUT2D eigenvalue weighted by Gasteiger charge is -2.15. The van der Waals surface area contributed by atoms with Gasteiger partial charge in [-0.05, 0) is 25.1 Å². The number of carbonyl (C=O) groups is 2. The quantitative estimate of drug-likeness (QED) is 0.477. The van der Waals surface area contributed by atoms with Crippen LogP contribution in [0.25, 0.3) is 0 Å². The average molecular weight is 343 g/mol. The van der Waals surface area contributed by atoms with Crippen LogP contribution in [0.15, 0.2) is 35.0 Å². The van der Waals surface area contributed by atoms with Gasteiger partial charge in [0, 0.05) is 21.7 Å². The van der Waals surface area contributed by atoms with Crippen LogP contribution < -0.4 is 0 Å². The Labute approximate surface area is 134 Å². The molecule has 22 heavy (non-hydrogen) atoms. The van der Waals surface area contributed by atoms with Crippen molar-refractivity contribution in [1.82, 2.24) is 0 Å². The Morgan fingerprint density at radius 2 is 2.09 bits per heavy atom. The second kappa shape index (κ2) is 6.25. The summed E-state index contributed by atoms with van der Waals surface area (Å²) in [5, 5.41) is 11.3. The van der Waals surface area contributed by atoms with Gasteiger partial charge in [0.25, 0.3) is 0 Å². The minimum Gasteiger partial charge on any atom is -0.419 e. The Hall–Kier alpha value is -2.25. The van der Waals surface area contributed by atoms with Crippen LogP contribution in [-0.4, -0.2) is 28.6 Å². The molecule has 0 N–H and O–H groups in total. The molecule has 1 aliphatic heterocycles. The molecular formula is C13H8Cl2N2O5. The number of carbonyl (C=O) groups excluding carboxylic acids is 2. The number of nitro groups is 1. The third-order valence-electron chi connectivity index (χ3n) is 2.71. The number of aliphatic imine (C=N–C) groups is 1. The smallest absolute Gasteiger partial charge is 0.348 e. The minimum absolute atomic E-state index is 0.0650. The molecule has 1 aromatic carbocycles. The number of benzene rings is 1. The van der Waals surface area contributed by atoms with Crippen molar-refractivity contribution in [2.24, 2.45) is 4.99 Å². The zero-order chi connectivity index (χ0) is 16.4. The Morgan fingerprint density at radius 3 is 2.73 bits per heavy atom. The molecule has 0 aromatic heterocycles. The van der Waals surface area contributed by atoms with Crippen LogP contribution >= 0.6 is 23.2 Å². The van der Waals surface area contributed by atoms with Gasteiger partial charge in [0.2, 0.25) is 0 Å². The highest BCUT2D eigenvalue weighted by Crippen LogP contribution is 2.24. The van der Waals surface area contributed by atoms with Crippen molar-refractivity contribution >= 4 is 40.8 Å². The van der Waals surface area contributed by atoms with Gasteiger partial charge in [-0.3, -0.25) is 14.9 Å². The summed E-state index contributed by atoms with van der Waals surface area (Å²) >= 11 is 11.6. The van der Waals surface area contributed by atoms with Crippen molar-refractivity contribution in [3.05, 3.63) is 55.8 Å². The first-order chi connectivity index (χ1) is 10.3. The van der Waals surface area contributed by atoms with Gasteiger partial charge in [0.05, 0.1) is 10.6 Å². The van der Waals surface area contributed by atoms with Gasteiger partial charge in [0.1, 0.15) is 0 Å². The molecule has 1 amide bonds. The van der Waals surface area contributed by atoms with Crippen LogP contribution in [0.1, 0.15) is 17.3 Å². The molecule has 1 aromatic rings. The van der Waals surface area contributed by atoms with Gasteiger partial charge in [0.15, 0.2) is 5.76 Å². The van der Waals surface area contributed by atoms with E-state index in [1.165, 1.54) is 25.1 Å². The van der Waals surface area contributed by atoms with E-state index >= 15 is 0 Å². The summed E-state index contributed by atoms with van der Waals surface area (Å²) in [6.07, 6.45) is 1.16. The van der Waals surface area contributed by atoms with E-state index in [4.69, 9.17) is 27.9 Å². The first kappa shape index (κ1) is 16.1. The number of ether oxygens (including phenoxy) is 1. The van der Waals surface area contributed by atoms with Crippen molar-refractivity contribution in [2.45, 2.75) is 13.0 Å². The molecule has 2 rings (SSSR count). The van der Waals surface area contributed by atoms with Crippen LogP contribution in [-0.2, 0) is 9.53 Å². The maximum atomic E-state index is 12.1. The maximum Gasteiger partial charge on any atom is 0.348 e. The summed E-state index contributed by atoms with van der Waals surface area (Å²) in [7, 11) is 0. The number of halogens is 2. The summed E-state index contributed by atoms with van der Waals surface area (Å²) in [6.45, 7) is 1.45. The normalized spacial score (nSPS) is 17.6. The third-order valence-corrected chi connectivity index (χ3v) is 3.28. The van der Waals surface area contributed by atoms with Crippen LogP contribution in [0.2, 0.25) is 10.0 Å². The highest BCUT2D eigenvalue weighted by Gasteiger charge is 2.39. The fourth-order valence-corrected chi connectivity index (χ4v) is 2.14. The number of rotatable bonds is 3. The molecule has 1 atom stereocenters. The minimum atomic E-state index is -1.86. The molecule has 1 aliphatic rings. The number of dihydropyridines is 1. The van der Waals surface area contributed by atoms with Gasteiger partial charge in [-0.25, -0.2) is 9.79 Å². The van der Waals surface area contributed by atoms with E-state index in [9.17, 15) is 19.7 Å². The number of nitrogens with zero attached hydrogens (tertiary/aromatic N) is 2. The largest absolute Gasteiger partial charge is 0.419 e. The first-order valence-electron chi connectivity index (χ1n) is 5.91. The second-order valence-electron chi connectivity index (χ2n) is 4.34. The summed E-state index contributed by atoms with van der Waals surface area (Å²) in [4.78, 5) is 37.2. The number of amides is 1. The number of esters is 1. The predicted molar refractivity (Wildman–Crippen MR) is 78.9 cm³/mol. The van der Waals surface area contributed by atoms with Gasteiger partial charge in [-0.15, -0.1) is 0 Å². The molecule has 9 heteroatoms. The third kappa shape index (κ3) is 3.32. The van der Waals surface area contributed by atoms with E-state index < -0.39 is 28.6 Å². The van der Waals surface area contributed by atoms with E-state index in [-0.39, 0.29) is 21.3 Å². The maximum absolute atomic E-state index is 12.1. The lowest BCUT2D eigenvalue weighted by Crippen LogP contribution is -2.35. The molecule has 0 spiro atoms. The Balaban J connectivity index is 2.33. The van der Waals surface area contributed by atoms with Crippen molar-refractivity contribution in [3.63, 3.8) is 0 Å². The van der Waals surface area contributed by atoms with E-state index in [2.05, 4.69) is 4.99 Å². The van der Waals surface area contributed by atoms with Crippen molar-refractivity contribution < 1.29 is 19.2 Å². The summed E-state index contributed by atoms with van der Waals surface area (Å²) in [6, 6.07) is 2.27. The average Bonchev–Trinajstić information content (AvgIpc) is 2.40. The fourth-order valence-electron chi connectivity index (χ4n) is 1.77. The molecule has 0 fully saturated rings. The molecule has 0 bridgehead atoms. The zero-order valence-electron chi connectivity index (χ0n) is 11.1. The Bertz CT molecular complexity index is 742. The zero-order valence-corrected chi connectivity index (χ0v) is 12.6. The van der Waals surface area contributed by atoms with E-state index in [1.807, 2.05) is 0 Å². The highest BCUT2D eigenvalue weighted by molar-refractivity contribution is 6.35. The monoisotopic (exact) mass is 342 g/mol. The van der Waals surface area contributed by atoms with Crippen LogP contribution in [0.5, 0.6) is 0 Å². The SMILES string of the molecule is CC1=NC(=O)C([N+](=O)[O-])C(OC(=O)c2cc(Cl)ccc2Cl)=C1. The number of hydrogen-bond donors (Lipinski definition) is 0. The fraction of sp³-hybridized carbons (Fsp3) is 0.154. The predicted octanol–water partition coefficient (Wildman–Crippen LogP) is 2.68. The molecule has 114 valence electrons. The standard InChI is InChI=1S/C13H8Cl2N2O5/c1-6-4-10(11(17(20)21)12(18)16-6)22-13(19)8-5-7(14)2-3-9(8)15/h2-5,11H,1H3. The molecule has 0 saturated heterocycles. The van der Waals surface area contributed by atoms with E-state index in [0.717, 1.165) is 6.08 Å². The molecule has 0 radical (unpaired) electrons. The molecule has 1 unspecified atom stereocenters. The van der Waals surface area contributed by atoms with Gasteiger partial charge in [-0.1, -0.05) is 23.2 Å². The van der Waals surface area contributed by atoms with Gasteiger partial charge in [-0.2, -0.15) is 0 Å². The number of allylic oxidation sites excluding steroid dienone is 1. The van der Waals surface area contributed by atoms with Gasteiger partial charge < -0.3 is 4.74 Å². The van der Waals surface area contributed by atoms with E-state index in [1.54, 1.807) is 0 Å². The number of hydrogen-bond acceptors (Lipinski definition) is 5. The lowest BCUT2D eigenvalue weighted by molar-refractivity contribution is -0.501. The van der Waals surface area contributed by atoms with Crippen LogP contribution in [0.3, 0.4) is 0 Å². The van der Waals surface area contributed by atoms with E-state index in [0.29, 0.717) is 0 Å².